The molecule has 94 valence electrons. The van der Waals surface area contributed by atoms with Crippen molar-refractivity contribution in [3.8, 4) is 0 Å². The largest absolute Gasteiger partial charge is 0.392 e. The van der Waals surface area contributed by atoms with Crippen molar-refractivity contribution in [1.82, 2.24) is 0 Å². The molecule has 2 nitrogen and oxygen atoms in total. The summed E-state index contributed by atoms with van der Waals surface area (Å²) < 4.78 is 5.73. The highest BCUT2D eigenvalue weighted by Crippen LogP contribution is 2.41. The van der Waals surface area contributed by atoms with Gasteiger partial charge in [-0.1, -0.05) is 0 Å². The molecule has 3 unspecified atom stereocenters. The van der Waals surface area contributed by atoms with Gasteiger partial charge in [0.15, 0.2) is 0 Å². The molecular formula is C13H24O2S. The molecule has 0 aromatic carbocycles. The van der Waals surface area contributed by atoms with Gasteiger partial charge in [-0.2, -0.15) is 11.8 Å². The summed E-state index contributed by atoms with van der Waals surface area (Å²) in [7, 11) is 0. The van der Waals surface area contributed by atoms with Crippen LogP contribution < -0.4 is 0 Å². The lowest BCUT2D eigenvalue weighted by atomic mass is 9.94. The first-order chi connectivity index (χ1) is 7.71. The summed E-state index contributed by atoms with van der Waals surface area (Å²) in [5.74, 6) is 1.22. The number of aliphatic hydroxyl groups is 1. The van der Waals surface area contributed by atoms with Gasteiger partial charge in [-0.25, -0.2) is 0 Å². The maximum atomic E-state index is 10.2. The Hall–Kier alpha value is 0.270. The topological polar surface area (TPSA) is 29.5 Å². The molecule has 0 amide bonds. The molecule has 0 aromatic heterocycles. The lowest BCUT2D eigenvalue weighted by Crippen LogP contribution is -2.33. The van der Waals surface area contributed by atoms with E-state index in [4.69, 9.17) is 4.74 Å². The second-order valence-electron chi connectivity index (χ2n) is 5.35. The van der Waals surface area contributed by atoms with E-state index in [0.29, 0.717) is 6.10 Å². The predicted molar refractivity (Wildman–Crippen MR) is 68.9 cm³/mol. The third kappa shape index (κ3) is 3.14. The lowest BCUT2D eigenvalue weighted by molar-refractivity contribution is 0.0871. The van der Waals surface area contributed by atoms with E-state index in [1.165, 1.54) is 31.4 Å². The Morgan fingerprint density at radius 1 is 1.50 bits per heavy atom. The molecule has 0 radical (unpaired) electrons. The number of rotatable bonds is 5. The van der Waals surface area contributed by atoms with Crippen LogP contribution in [-0.2, 0) is 4.74 Å². The molecule has 3 atom stereocenters. The van der Waals surface area contributed by atoms with Gasteiger partial charge in [-0.3, -0.25) is 0 Å². The Balaban J connectivity index is 1.64. The summed E-state index contributed by atoms with van der Waals surface area (Å²) in [6, 6.07) is 0. The Labute approximate surface area is 103 Å². The van der Waals surface area contributed by atoms with Crippen LogP contribution in [0.3, 0.4) is 0 Å². The lowest BCUT2D eigenvalue weighted by Gasteiger charge is -2.29. The van der Waals surface area contributed by atoms with E-state index in [2.05, 4.69) is 6.92 Å². The van der Waals surface area contributed by atoms with Crippen LogP contribution in [0.15, 0.2) is 0 Å². The molecule has 0 aromatic rings. The van der Waals surface area contributed by atoms with Crippen LogP contribution in [0.1, 0.15) is 51.9 Å². The Kier molecular flexibility index (Phi) is 4.57. The fraction of sp³-hybridized carbons (Fsp3) is 1.00. The number of ether oxygens (including phenoxy) is 1. The third-order valence-electron chi connectivity index (χ3n) is 3.98. The summed E-state index contributed by atoms with van der Waals surface area (Å²) in [5, 5.41) is 10.2. The van der Waals surface area contributed by atoms with Crippen molar-refractivity contribution >= 4 is 11.8 Å². The molecule has 1 N–H and O–H groups in total. The van der Waals surface area contributed by atoms with E-state index >= 15 is 0 Å². The van der Waals surface area contributed by atoms with E-state index in [9.17, 15) is 5.11 Å². The van der Waals surface area contributed by atoms with E-state index < -0.39 is 0 Å². The molecule has 16 heavy (non-hydrogen) atoms. The highest BCUT2D eigenvalue weighted by atomic mass is 32.2. The minimum absolute atomic E-state index is 0.124. The molecule has 2 saturated heterocycles. The van der Waals surface area contributed by atoms with Crippen LogP contribution in [0.4, 0.5) is 0 Å². The van der Waals surface area contributed by atoms with Crippen molar-refractivity contribution in [3.05, 3.63) is 0 Å². The predicted octanol–water partition coefficient (Wildman–Crippen LogP) is 2.98. The molecule has 0 aliphatic carbocycles. The summed E-state index contributed by atoms with van der Waals surface area (Å²) in [6.07, 6.45) is 8.45. The van der Waals surface area contributed by atoms with Crippen molar-refractivity contribution in [3.63, 3.8) is 0 Å². The Morgan fingerprint density at radius 2 is 2.38 bits per heavy atom. The molecule has 2 aliphatic heterocycles. The zero-order chi connectivity index (χ0) is 11.4. The zero-order valence-corrected chi connectivity index (χ0v) is 11.1. The van der Waals surface area contributed by atoms with Crippen LogP contribution >= 0.6 is 11.8 Å². The maximum absolute atomic E-state index is 10.2. The summed E-state index contributed by atoms with van der Waals surface area (Å²) in [4.78, 5) is 0. The normalized spacial score (nSPS) is 36.8. The van der Waals surface area contributed by atoms with E-state index in [-0.39, 0.29) is 10.9 Å². The maximum Gasteiger partial charge on any atom is 0.0684 e. The summed E-state index contributed by atoms with van der Waals surface area (Å²) in [5.41, 5.74) is 0. The molecule has 2 heterocycles. The van der Waals surface area contributed by atoms with Gasteiger partial charge in [0.2, 0.25) is 0 Å². The molecule has 3 heteroatoms. The van der Waals surface area contributed by atoms with Crippen molar-refractivity contribution in [2.24, 2.45) is 0 Å². The van der Waals surface area contributed by atoms with Gasteiger partial charge in [0, 0.05) is 11.4 Å². The van der Waals surface area contributed by atoms with E-state index in [1.807, 2.05) is 11.8 Å². The van der Waals surface area contributed by atoms with Gasteiger partial charge in [0.1, 0.15) is 0 Å². The zero-order valence-electron chi connectivity index (χ0n) is 10.3. The molecular weight excluding hydrogens is 220 g/mol. The van der Waals surface area contributed by atoms with Gasteiger partial charge in [0.05, 0.1) is 12.2 Å². The van der Waals surface area contributed by atoms with Crippen molar-refractivity contribution in [2.45, 2.75) is 68.8 Å². The SMILES string of the molecule is CC1(C(O)CCCC2CCCO2)CCCS1. The molecule has 0 spiro atoms. The highest BCUT2D eigenvalue weighted by Gasteiger charge is 2.36. The molecule has 2 aliphatic rings. The smallest absolute Gasteiger partial charge is 0.0684 e. The van der Waals surface area contributed by atoms with E-state index in [1.54, 1.807) is 0 Å². The Bertz CT molecular complexity index is 208. The first-order valence-electron chi connectivity index (χ1n) is 6.64. The number of hydrogen-bond donors (Lipinski definition) is 1. The average Bonchev–Trinajstić information content (AvgIpc) is 2.90. The summed E-state index contributed by atoms with van der Waals surface area (Å²) in [6.45, 7) is 3.17. The fourth-order valence-electron chi connectivity index (χ4n) is 2.78. The molecule has 0 bridgehead atoms. The van der Waals surface area contributed by atoms with Crippen LogP contribution in [-0.4, -0.2) is 34.4 Å². The molecule has 2 fully saturated rings. The first kappa shape index (κ1) is 12.7. The number of aliphatic hydroxyl groups excluding tert-OH is 1. The van der Waals surface area contributed by atoms with Gasteiger partial charge in [0.25, 0.3) is 0 Å². The minimum Gasteiger partial charge on any atom is -0.392 e. The van der Waals surface area contributed by atoms with Gasteiger partial charge in [-0.15, -0.1) is 0 Å². The van der Waals surface area contributed by atoms with Crippen LogP contribution in [0.2, 0.25) is 0 Å². The number of hydrogen-bond acceptors (Lipinski definition) is 3. The minimum atomic E-state index is -0.124. The van der Waals surface area contributed by atoms with Crippen LogP contribution in [0, 0.1) is 0 Å². The monoisotopic (exact) mass is 244 g/mol. The van der Waals surface area contributed by atoms with Gasteiger partial charge >= 0.3 is 0 Å². The van der Waals surface area contributed by atoms with Crippen LogP contribution in [0.25, 0.3) is 0 Å². The highest BCUT2D eigenvalue weighted by molar-refractivity contribution is 8.00. The summed E-state index contributed by atoms with van der Waals surface area (Å²) >= 11 is 1.95. The average molecular weight is 244 g/mol. The first-order valence-corrected chi connectivity index (χ1v) is 7.63. The quantitative estimate of drug-likeness (QED) is 0.806. The standard InChI is InChI=1S/C13H24O2S/c1-13(8-4-10-16-13)12(14)7-2-5-11-6-3-9-15-11/h11-12,14H,2-10H2,1H3. The van der Waals surface area contributed by atoms with Gasteiger partial charge < -0.3 is 9.84 Å². The van der Waals surface area contributed by atoms with Crippen molar-refractivity contribution in [1.29, 1.82) is 0 Å². The van der Waals surface area contributed by atoms with Crippen LogP contribution in [0.5, 0.6) is 0 Å². The molecule has 2 rings (SSSR count). The Morgan fingerprint density at radius 3 is 3.00 bits per heavy atom. The second-order valence-corrected chi connectivity index (χ2v) is 6.98. The fourth-order valence-corrected chi connectivity index (χ4v) is 4.13. The second kappa shape index (κ2) is 5.74. The number of thioether (sulfide) groups is 1. The van der Waals surface area contributed by atoms with Gasteiger partial charge in [-0.05, 0) is 57.6 Å². The molecule has 0 saturated carbocycles. The third-order valence-corrected chi connectivity index (χ3v) is 5.61. The van der Waals surface area contributed by atoms with Crippen molar-refractivity contribution in [2.75, 3.05) is 12.4 Å². The van der Waals surface area contributed by atoms with E-state index in [0.717, 1.165) is 25.9 Å². The van der Waals surface area contributed by atoms with Crippen molar-refractivity contribution < 1.29 is 9.84 Å².